The number of carbonyl (C=O) groups excluding carboxylic acids is 1. The molecule has 0 aromatic carbocycles. The lowest BCUT2D eigenvalue weighted by molar-refractivity contribution is -0.143. The Bertz CT molecular complexity index is 452. The molecule has 4 nitrogen and oxygen atoms in total. The summed E-state index contributed by atoms with van der Waals surface area (Å²) >= 11 is 0. The van der Waals surface area contributed by atoms with Crippen LogP contribution in [-0.2, 0) is 13.0 Å². The molecular formula is C13H20F3N3O. The van der Waals surface area contributed by atoms with Gasteiger partial charge in [0.25, 0.3) is 5.91 Å². The predicted octanol–water partition coefficient (Wildman–Crippen LogP) is 2.78. The molecule has 1 rings (SSSR count). The zero-order chi connectivity index (χ0) is 15.3. The molecule has 0 unspecified atom stereocenters. The van der Waals surface area contributed by atoms with Crippen LogP contribution in [0.1, 0.15) is 43.2 Å². The third-order valence-electron chi connectivity index (χ3n) is 2.68. The Labute approximate surface area is 116 Å². The average molecular weight is 291 g/mol. The van der Waals surface area contributed by atoms with Gasteiger partial charge in [0.15, 0.2) is 0 Å². The highest BCUT2D eigenvalue weighted by molar-refractivity contribution is 5.95. The minimum atomic E-state index is -4.35. The summed E-state index contributed by atoms with van der Waals surface area (Å²) in [6, 6.07) is 0. The van der Waals surface area contributed by atoms with Crippen molar-refractivity contribution in [2.24, 2.45) is 5.92 Å². The number of hydrogen-bond acceptors (Lipinski definition) is 2. The molecule has 0 aliphatic heterocycles. The molecule has 0 saturated carbocycles. The summed E-state index contributed by atoms with van der Waals surface area (Å²) in [7, 11) is 0. The van der Waals surface area contributed by atoms with Gasteiger partial charge in [-0.05, 0) is 12.3 Å². The van der Waals surface area contributed by atoms with Crippen LogP contribution in [0.2, 0.25) is 0 Å². The van der Waals surface area contributed by atoms with Crippen molar-refractivity contribution in [2.45, 2.75) is 46.3 Å². The largest absolute Gasteiger partial charge is 0.408 e. The van der Waals surface area contributed by atoms with Crippen molar-refractivity contribution >= 4 is 5.91 Å². The van der Waals surface area contributed by atoms with Crippen molar-refractivity contribution in [2.75, 3.05) is 6.54 Å². The van der Waals surface area contributed by atoms with Gasteiger partial charge in [-0.25, -0.2) is 0 Å². The van der Waals surface area contributed by atoms with Crippen molar-refractivity contribution in [3.8, 4) is 0 Å². The van der Waals surface area contributed by atoms with E-state index in [1.165, 1.54) is 6.20 Å². The second-order valence-electron chi connectivity index (χ2n) is 5.13. The maximum Gasteiger partial charge on any atom is 0.408 e. The van der Waals surface area contributed by atoms with E-state index in [0.717, 1.165) is 4.68 Å². The molecule has 0 spiro atoms. The molecule has 1 aromatic rings. The summed E-state index contributed by atoms with van der Waals surface area (Å²) in [5.74, 6) is -0.0885. The van der Waals surface area contributed by atoms with Gasteiger partial charge in [0.1, 0.15) is 6.54 Å². The van der Waals surface area contributed by atoms with Crippen LogP contribution in [0.3, 0.4) is 0 Å². The summed E-state index contributed by atoms with van der Waals surface area (Å²) in [4.78, 5) is 12.0. The zero-order valence-electron chi connectivity index (χ0n) is 11.9. The standard InChI is InChI=1S/C13H20F3N3O/c1-4-5-11-10(12(20)17-6-9(2)3)7-18-19(11)8-13(14,15)16/h7,9H,4-6,8H2,1-3H3,(H,17,20). The van der Waals surface area contributed by atoms with Gasteiger partial charge in [-0.15, -0.1) is 0 Å². The number of nitrogens with zero attached hydrogens (tertiary/aromatic N) is 2. The number of carbonyl (C=O) groups is 1. The molecule has 0 fully saturated rings. The van der Waals surface area contributed by atoms with E-state index in [-0.39, 0.29) is 17.4 Å². The van der Waals surface area contributed by atoms with E-state index in [4.69, 9.17) is 0 Å². The molecular weight excluding hydrogens is 271 g/mol. The maximum atomic E-state index is 12.5. The molecule has 20 heavy (non-hydrogen) atoms. The molecule has 7 heteroatoms. The number of amides is 1. The molecule has 0 saturated heterocycles. The highest BCUT2D eigenvalue weighted by atomic mass is 19.4. The van der Waals surface area contributed by atoms with Crippen molar-refractivity contribution in [1.82, 2.24) is 15.1 Å². The van der Waals surface area contributed by atoms with Gasteiger partial charge < -0.3 is 5.32 Å². The molecule has 1 aromatic heterocycles. The number of alkyl halides is 3. The van der Waals surface area contributed by atoms with Crippen molar-refractivity contribution in [1.29, 1.82) is 0 Å². The van der Waals surface area contributed by atoms with E-state index >= 15 is 0 Å². The first-order chi connectivity index (χ1) is 9.24. The van der Waals surface area contributed by atoms with Crippen LogP contribution in [0.15, 0.2) is 6.20 Å². The van der Waals surface area contributed by atoms with E-state index in [1.54, 1.807) is 0 Å². The Morgan fingerprint density at radius 1 is 1.45 bits per heavy atom. The topological polar surface area (TPSA) is 46.9 Å². The van der Waals surface area contributed by atoms with Crippen LogP contribution in [0.25, 0.3) is 0 Å². The van der Waals surface area contributed by atoms with Crippen molar-refractivity contribution < 1.29 is 18.0 Å². The molecule has 0 atom stereocenters. The third-order valence-corrected chi connectivity index (χ3v) is 2.68. The first-order valence-electron chi connectivity index (χ1n) is 6.64. The summed E-state index contributed by atoms with van der Waals surface area (Å²) < 4.78 is 38.3. The first-order valence-corrected chi connectivity index (χ1v) is 6.64. The highest BCUT2D eigenvalue weighted by Crippen LogP contribution is 2.20. The Balaban J connectivity index is 2.93. The Morgan fingerprint density at radius 3 is 2.60 bits per heavy atom. The lowest BCUT2D eigenvalue weighted by Gasteiger charge is -2.12. The molecule has 0 bridgehead atoms. The number of rotatable bonds is 6. The number of halogens is 3. The van der Waals surface area contributed by atoms with E-state index < -0.39 is 12.7 Å². The average Bonchev–Trinajstić information content (AvgIpc) is 2.68. The lowest BCUT2D eigenvalue weighted by Crippen LogP contribution is -2.28. The van der Waals surface area contributed by atoms with Crippen LogP contribution in [-0.4, -0.2) is 28.4 Å². The van der Waals surface area contributed by atoms with Crippen LogP contribution >= 0.6 is 0 Å². The molecule has 1 heterocycles. The third kappa shape index (κ3) is 4.86. The smallest absolute Gasteiger partial charge is 0.352 e. The number of hydrogen-bond donors (Lipinski definition) is 1. The molecule has 0 radical (unpaired) electrons. The van der Waals surface area contributed by atoms with Gasteiger partial charge in [0.05, 0.1) is 17.5 Å². The van der Waals surface area contributed by atoms with E-state index in [9.17, 15) is 18.0 Å². The Kier molecular flexibility index (Phi) is 5.59. The first kappa shape index (κ1) is 16.5. The predicted molar refractivity (Wildman–Crippen MR) is 69.4 cm³/mol. The van der Waals surface area contributed by atoms with E-state index in [0.29, 0.717) is 25.1 Å². The summed E-state index contributed by atoms with van der Waals surface area (Å²) in [6.07, 6.45) is -2.10. The highest BCUT2D eigenvalue weighted by Gasteiger charge is 2.30. The van der Waals surface area contributed by atoms with Crippen LogP contribution in [0, 0.1) is 5.92 Å². The van der Waals surface area contributed by atoms with Gasteiger partial charge >= 0.3 is 6.18 Å². The number of aromatic nitrogens is 2. The lowest BCUT2D eigenvalue weighted by atomic mass is 10.1. The summed E-state index contributed by atoms with van der Waals surface area (Å²) in [5.41, 5.74) is 0.572. The minimum absolute atomic E-state index is 0.233. The van der Waals surface area contributed by atoms with Gasteiger partial charge in [-0.3, -0.25) is 9.48 Å². The SMILES string of the molecule is CCCc1c(C(=O)NCC(C)C)cnn1CC(F)(F)F. The van der Waals surface area contributed by atoms with Crippen LogP contribution < -0.4 is 5.32 Å². The van der Waals surface area contributed by atoms with Crippen LogP contribution in [0.5, 0.6) is 0 Å². The fourth-order valence-electron chi connectivity index (χ4n) is 1.80. The quantitative estimate of drug-likeness (QED) is 0.876. The van der Waals surface area contributed by atoms with Crippen molar-refractivity contribution in [3.63, 3.8) is 0 Å². The van der Waals surface area contributed by atoms with Gasteiger partial charge in [-0.2, -0.15) is 18.3 Å². The fraction of sp³-hybridized carbons (Fsp3) is 0.692. The van der Waals surface area contributed by atoms with Gasteiger partial charge in [-0.1, -0.05) is 27.2 Å². The molecule has 1 amide bonds. The molecule has 0 aliphatic carbocycles. The molecule has 0 aliphatic rings. The van der Waals surface area contributed by atoms with Crippen LogP contribution in [0.4, 0.5) is 13.2 Å². The van der Waals surface area contributed by atoms with E-state index in [2.05, 4.69) is 10.4 Å². The number of nitrogens with one attached hydrogen (secondary N) is 1. The fourth-order valence-corrected chi connectivity index (χ4v) is 1.80. The van der Waals surface area contributed by atoms with Gasteiger partial charge in [0.2, 0.25) is 0 Å². The Hall–Kier alpha value is -1.53. The summed E-state index contributed by atoms with van der Waals surface area (Å²) in [6.45, 7) is 5.05. The second-order valence-corrected chi connectivity index (χ2v) is 5.13. The maximum absolute atomic E-state index is 12.5. The second kappa shape index (κ2) is 6.76. The normalized spacial score (nSPS) is 11.9. The zero-order valence-corrected chi connectivity index (χ0v) is 11.9. The van der Waals surface area contributed by atoms with Crippen molar-refractivity contribution in [3.05, 3.63) is 17.5 Å². The van der Waals surface area contributed by atoms with Gasteiger partial charge in [0, 0.05) is 6.54 Å². The van der Waals surface area contributed by atoms with E-state index in [1.807, 2.05) is 20.8 Å². The molecule has 114 valence electrons. The Morgan fingerprint density at radius 2 is 2.10 bits per heavy atom. The molecule has 1 N–H and O–H groups in total. The monoisotopic (exact) mass is 291 g/mol. The minimum Gasteiger partial charge on any atom is -0.352 e. The summed E-state index contributed by atoms with van der Waals surface area (Å²) in [5, 5.41) is 6.40.